The number of hydrogen-bond acceptors (Lipinski definition) is 2. The fourth-order valence-corrected chi connectivity index (χ4v) is 1.89. The van der Waals surface area contributed by atoms with E-state index in [2.05, 4.69) is 6.07 Å². The quantitative estimate of drug-likeness (QED) is 0.530. The van der Waals surface area contributed by atoms with Gasteiger partial charge >= 0.3 is 0 Å². The third-order valence-electron chi connectivity index (χ3n) is 2.23. The van der Waals surface area contributed by atoms with Crippen LogP contribution in [0.2, 0.25) is 0 Å². The van der Waals surface area contributed by atoms with Gasteiger partial charge in [0.15, 0.2) is 0 Å². The SMILES string of the molecule is C[C@@H]1CC(=O)C[C@](C)(C#N)C1. The van der Waals surface area contributed by atoms with Crippen LogP contribution in [0.4, 0.5) is 0 Å². The van der Waals surface area contributed by atoms with Crippen molar-refractivity contribution in [3.8, 4) is 6.07 Å². The zero-order valence-corrected chi connectivity index (χ0v) is 7.05. The molecule has 0 aromatic rings. The van der Waals surface area contributed by atoms with Crippen LogP contribution in [0, 0.1) is 22.7 Å². The maximum Gasteiger partial charge on any atom is 0.134 e. The van der Waals surface area contributed by atoms with Gasteiger partial charge in [-0.05, 0) is 19.3 Å². The second-order valence-electron chi connectivity index (χ2n) is 3.90. The van der Waals surface area contributed by atoms with Gasteiger partial charge in [0.05, 0.1) is 11.5 Å². The molecule has 0 aromatic carbocycles. The van der Waals surface area contributed by atoms with E-state index in [4.69, 9.17) is 5.26 Å². The van der Waals surface area contributed by atoms with Crippen LogP contribution in [0.25, 0.3) is 0 Å². The number of ketones is 1. The van der Waals surface area contributed by atoms with Crippen LogP contribution in [0.5, 0.6) is 0 Å². The summed E-state index contributed by atoms with van der Waals surface area (Å²) in [5, 5.41) is 8.78. The van der Waals surface area contributed by atoms with Crippen molar-refractivity contribution in [1.29, 1.82) is 5.26 Å². The monoisotopic (exact) mass is 151 g/mol. The molecule has 0 amide bonds. The molecule has 1 aliphatic rings. The van der Waals surface area contributed by atoms with Crippen LogP contribution in [0.3, 0.4) is 0 Å². The molecule has 0 N–H and O–H groups in total. The topological polar surface area (TPSA) is 40.9 Å². The van der Waals surface area contributed by atoms with Crippen molar-refractivity contribution >= 4 is 5.78 Å². The lowest BCUT2D eigenvalue weighted by Crippen LogP contribution is -2.28. The molecule has 1 aliphatic carbocycles. The Labute approximate surface area is 67.2 Å². The first-order valence-electron chi connectivity index (χ1n) is 3.99. The normalized spacial score (nSPS) is 38.3. The van der Waals surface area contributed by atoms with Gasteiger partial charge in [-0.1, -0.05) is 6.92 Å². The summed E-state index contributed by atoms with van der Waals surface area (Å²) in [6.45, 7) is 3.91. The van der Waals surface area contributed by atoms with Gasteiger partial charge in [-0.2, -0.15) is 5.26 Å². The highest BCUT2D eigenvalue weighted by Gasteiger charge is 2.34. The van der Waals surface area contributed by atoms with E-state index < -0.39 is 0 Å². The Morgan fingerprint density at radius 1 is 1.73 bits per heavy atom. The first kappa shape index (κ1) is 8.26. The fourth-order valence-electron chi connectivity index (χ4n) is 1.89. The van der Waals surface area contributed by atoms with Crippen LogP contribution in [0.1, 0.15) is 33.1 Å². The molecule has 0 saturated heterocycles. The molecule has 0 aliphatic heterocycles. The van der Waals surface area contributed by atoms with Crippen molar-refractivity contribution in [3.63, 3.8) is 0 Å². The third kappa shape index (κ3) is 1.80. The van der Waals surface area contributed by atoms with Gasteiger partial charge in [0, 0.05) is 12.8 Å². The molecule has 0 bridgehead atoms. The molecule has 1 rings (SSSR count). The minimum atomic E-state index is -0.380. The standard InChI is InChI=1S/C9H13NO/c1-7-3-8(11)5-9(2,4-7)6-10/h7H,3-5H2,1-2H3/t7-,9-/m1/s1. The zero-order chi connectivity index (χ0) is 8.48. The Morgan fingerprint density at radius 2 is 2.36 bits per heavy atom. The molecule has 0 aromatic heterocycles. The Hall–Kier alpha value is -0.840. The molecule has 1 saturated carbocycles. The number of rotatable bonds is 0. The van der Waals surface area contributed by atoms with Gasteiger partial charge in [0.2, 0.25) is 0 Å². The molecule has 0 radical (unpaired) electrons. The molecule has 60 valence electrons. The summed E-state index contributed by atoms with van der Waals surface area (Å²) in [7, 11) is 0. The highest BCUT2D eigenvalue weighted by atomic mass is 16.1. The minimum absolute atomic E-state index is 0.243. The maximum absolute atomic E-state index is 11.1. The van der Waals surface area contributed by atoms with E-state index in [1.165, 1.54) is 0 Å². The summed E-state index contributed by atoms with van der Waals surface area (Å²) in [5.74, 6) is 0.633. The lowest BCUT2D eigenvalue weighted by molar-refractivity contribution is -0.123. The Kier molecular flexibility index (Phi) is 1.99. The number of Topliss-reactive ketones (excluding diaryl/α,β-unsaturated/α-hetero) is 1. The predicted molar refractivity (Wildman–Crippen MR) is 41.7 cm³/mol. The summed E-state index contributed by atoms with van der Waals surface area (Å²) in [5.41, 5.74) is -0.380. The van der Waals surface area contributed by atoms with Crippen molar-refractivity contribution < 1.29 is 4.79 Å². The summed E-state index contributed by atoms with van der Waals surface area (Å²) >= 11 is 0. The van der Waals surface area contributed by atoms with Crippen LogP contribution >= 0.6 is 0 Å². The Bertz CT molecular complexity index is 216. The second kappa shape index (κ2) is 2.65. The van der Waals surface area contributed by atoms with Gasteiger partial charge < -0.3 is 0 Å². The highest BCUT2D eigenvalue weighted by Crippen LogP contribution is 2.36. The van der Waals surface area contributed by atoms with Gasteiger partial charge in [0.1, 0.15) is 5.78 Å². The fraction of sp³-hybridized carbons (Fsp3) is 0.778. The van der Waals surface area contributed by atoms with Gasteiger partial charge in [-0.25, -0.2) is 0 Å². The lowest BCUT2D eigenvalue weighted by atomic mass is 9.72. The molecule has 0 unspecified atom stereocenters. The Balaban J connectivity index is 2.72. The van der Waals surface area contributed by atoms with E-state index >= 15 is 0 Å². The third-order valence-corrected chi connectivity index (χ3v) is 2.23. The van der Waals surface area contributed by atoms with Crippen LogP contribution in [-0.2, 0) is 4.79 Å². The number of nitriles is 1. The first-order valence-corrected chi connectivity index (χ1v) is 3.99. The van der Waals surface area contributed by atoms with E-state index in [-0.39, 0.29) is 11.2 Å². The molecule has 2 nitrogen and oxygen atoms in total. The zero-order valence-electron chi connectivity index (χ0n) is 7.05. The van der Waals surface area contributed by atoms with Gasteiger partial charge in [-0.3, -0.25) is 4.79 Å². The molecular weight excluding hydrogens is 138 g/mol. The highest BCUT2D eigenvalue weighted by molar-refractivity contribution is 5.80. The molecule has 1 fully saturated rings. The van der Waals surface area contributed by atoms with Crippen molar-refractivity contribution in [1.82, 2.24) is 0 Å². The first-order chi connectivity index (χ1) is 5.06. The summed E-state index contributed by atoms with van der Waals surface area (Å²) in [6, 6.07) is 2.22. The Morgan fingerprint density at radius 3 is 2.82 bits per heavy atom. The van der Waals surface area contributed by atoms with E-state index in [1.54, 1.807) is 0 Å². The van der Waals surface area contributed by atoms with Crippen molar-refractivity contribution in [2.75, 3.05) is 0 Å². The van der Waals surface area contributed by atoms with E-state index in [1.807, 2.05) is 13.8 Å². The largest absolute Gasteiger partial charge is 0.300 e. The molecule has 2 atom stereocenters. The summed E-state index contributed by atoms with van der Waals surface area (Å²) in [4.78, 5) is 11.1. The van der Waals surface area contributed by atoms with Crippen LogP contribution < -0.4 is 0 Å². The maximum atomic E-state index is 11.1. The second-order valence-corrected chi connectivity index (χ2v) is 3.90. The number of carbonyl (C=O) groups excluding carboxylic acids is 1. The number of carbonyl (C=O) groups is 1. The average Bonchev–Trinajstić information content (AvgIpc) is 1.84. The smallest absolute Gasteiger partial charge is 0.134 e. The van der Waals surface area contributed by atoms with Crippen molar-refractivity contribution in [3.05, 3.63) is 0 Å². The molecule has 2 heteroatoms. The number of nitrogens with zero attached hydrogens (tertiary/aromatic N) is 1. The molecule has 11 heavy (non-hydrogen) atoms. The summed E-state index contributed by atoms with van der Waals surface area (Å²) < 4.78 is 0. The van der Waals surface area contributed by atoms with Crippen molar-refractivity contribution in [2.45, 2.75) is 33.1 Å². The predicted octanol–water partition coefficient (Wildman–Crippen LogP) is 1.91. The van der Waals surface area contributed by atoms with Gasteiger partial charge in [0.25, 0.3) is 0 Å². The van der Waals surface area contributed by atoms with E-state index in [9.17, 15) is 4.79 Å². The molecule has 0 spiro atoms. The van der Waals surface area contributed by atoms with Crippen LogP contribution in [-0.4, -0.2) is 5.78 Å². The van der Waals surface area contributed by atoms with Crippen LogP contribution in [0.15, 0.2) is 0 Å². The summed E-state index contributed by atoms with van der Waals surface area (Å²) in [6.07, 6.45) is 1.99. The van der Waals surface area contributed by atoms with E-state index in [0.717, 1.165) is 6.42 Å². The average molecular weight is 151 g/mol. The number of hydrogen-bond donors (Lipinski definition) is 0. The van der Waals surface area contributed by atoms with Crippen molar-refractivity contribution in [2.24, 2.45) is 11.3 Å². The molecule has 0 heterocycles. The van der Waals surface area contributed by atoms with Gasteiger partial charge in [-0.15, -0.1) is 0 Å². The molecular formula is C9H13NO. The minimum Gasteiger partial charge on any atom is -0.300 e. The lowest BCUT2D eigenvalue weighted by Gasteiger charge is -2.29. The van der Waals surface area contributed by atoms with E-state index in [0.29, 0.717) is 18.8 Å².